The second-order valence-electron chi connectivity index (χ2n) is 7.27. The van der Waals surface area contributed by atoms with Crippen LogP contribution in [0, 0.1) is 0 Å². The first-order valence-corrected chi connectivity index (χ1v) is 10.6. The van der Waals surface area contributed by atoms with Gasteiger partial charge in [0.2, 0.25) is 6.79 Å². The molecule has 3 heterocycles. The van der Waals surface area contributed by atoms with Crippen molar-refractivity contribution >= 4 is 23.2 Å². The summed E-state index contributed by atoms with van der Waals surface area (Å²) >= 11 is 1.51. The standard InChI is InChI=1S/C23H20N2O4S/c26-22(24-12-15-6-7-18-19(10-15)29-14-28-18)21-11-17-13-25(9-8-20(17)30-21)23(27)16-4-2-1-3-5-16/h1-7,10-11H,8-9,12-14H2,(H,24,26). The molecule has 2 amide bonds. The van der Waals surface area contributed by atoms with Gasteiger partial charge in [0.15, 0.2) is 11.5 Å². The van der Waals surface area contributed by atoms with Gasteiger partial charge in [-0.2, -0.15) is 0 Å². The van der Waals surface area contributed by atoms with E-state index in [2.05, 4.69) is 5.32 Å². The van der Waals surface area contributed by atoms with Gasteiger partial charge in [0.05, 0.1) is 4.88 Å². The van der Waals surface area contributed by atoms with Crippen LogP contribution in [0.4, 0.5) is 0 Å². The minimum atomic E-state index is -0.104. The summed E-state index contributed by atoms with van der Waals surface area (Å²) in [5.74, 6) is 1.36. The minimum Gasteiger partial charge on any atom is -0.454 e. The van der Waals surface area contributed by atoms with Crippen LogP contribution in [0.15, 0.2) is 54.6 Å². The van der Waals surface area contributed by atoms with Crippen LogP contribution >= 0.6 is 11.3 Å². The van der Waals surface area contributed by atoms with Gasteiger partial charge in [-0.05, 0) is 47.9 Å². The predicted octanol–water partition coefficient (Wildman–Crippen LogP) is 3.61. The maximum Gasteiger partial charge on any atom is 0.261 e. The van der Waals surface area contributed by atoms with E-state index in [4.69, 9.17) is 9.47 Å². The van der Waals surface area contributed by atoms with Crippen LogP contribution in [-0.4, -0.2) is 30.1 Å². The lowest BCUT2D eigenvalue weighted by atomic mass is 10.1. The summed E-state index contributed by atoms with van der Waals surface area (Å²) in [5, 5.41) is 2.97. The number of ether oxygens (including phenoxy) is 2. The van der Waals surface area contributed by atoms with Crippen LogP contribution in [0.2, 0.25) is 0 Å². The van der Waals surface area contributed by atoms with Gasteiger partial charge in [0.1, 0.15) is 0 Å². The highest BCUT2D eigenvalue weighted by Gasteiger charge is 2.25. The van der Waals surface area contributed by atoms with E-state index in [1.165, 1.54) is 16.2 Å². The second-order valence-corrected chi connectivity index (χ2v) is 8.41. The van der Waals surface area contributed by atoms with Crippen molar-refractivity contribution in [3.8, 4) is 11.5 Å². The maximum absolute atomic E-state index is 12.7. The molecule has 0 saturated heterocycles. The lowest BCUT2D eigenvalue weighted by Gasteiger charge is -2.27. The number of hydrogen-bond acceptors (Lipinski definition) is 5. The first-order chi connectivity index (χ1) is 14.7. The molecule has 5 rings (SSSR count). The highest BCUT2D eigenvalue weighted by Crippen LogP contribution is 2.33. The molecule has 0 fully saturated rings. The van der Waals surface area contributed by atoms with E-state index < -0.39 is 0 Å². The quantitative estimate of drug-likeness (QED) is 0.700. The lowest BCUT2D eigenvalue weighted by Crippen LogP contribution is -2.35. The summed E-state index contributed by atoms with van der Waals surface area (Å²) in [7, 11) is 0. The SMILES string of the molecule is O=C(NCc1ccc2c(c1)OCO2)c1cc2c(s1)CCN(C(=O)c1ccccc1)C2. The average molecular weight is 420 g/mol. The Kier molecular flexibility index (Phi) is 4.88. The highest BCUT2D eigenvalue weighted by atomic mass is 32.1. The Labute approximate surface area is 178 Å². The Bertz CT molecular complexity index is 1110. The third-order valence-corrected chi connectivity index (χ3v) is 6.52. The molecule has 0 spiro atoms. The van der Waals surface area contributed by atoms with Crippen LogP contribution < -0.4 is 14.8 Å². The fourth-order valence-corrected chi connectivity index (χ4v) is 4.78. The summed E-state index contributed by atoms with van der Waals surface area (Å²) in [6.45, 7) is 1.85. The number of carbonyl (C=O) groups excluding carboxylic acids is 2. The van der Waals surface area contributed by atoms with Crippen LogP contribution in [0.5, 0.6) is 11.5 Å². The van der Waals surface area contributed by atoms with E-state index in [0.717, 1.165) is 23.3 Å². The largest absolute Gasteiger partial charge is 0.454 e. The molecular weight excluding hydrogens is 400 g/mol. The number of benzene rings is 2. The van der Waals surface area contributed by atoms with E-state index in [-0.39, 0.29) is 18.6 Å². The molecule has 0 bridgehead atoms. The zero-order valence-electron chi connectivity index (χ0n) is 16.2. The van der Waals surface area contributed by atoms with Crippen molar-refractivity contribution in [2.45, 2.75) is 19.5 Å². The Morgan fingerprint density at radius 3 is 2.73 bits per heavy atom. The molecule has 30 heavy (non-hydrogen) atoms. The summed E-state index contributed by atoms with van der Waals surface area (Å²) in [6, 6.07) is 16.9. The number of hydrogen-bond donors (Lipinski definition) is 1. The van der Waals surface area contributed by atoms with Gasteiger partial charge in [-0.15, -0.1) is 11.3 Å². The molecule has 2 aromatic carbocycles. The highest BCUT2D eigenvalue weighted by molar-refractivity contribution is 7.14. The first-order valence-electron chi connectivity index (χ1n) is 9.80. The third kappa shape index (κ3) is 3.64. The van der Waals surface area contributed by atoms with E-state index >= 15 is 0 Å². The van der Waals surface area contributed by atoms with E-state index in [0.29, 0.717) is 35.8 Å². The predicted molar refractivity (Wildman–Crippen MR) is 113 cm³/mol. The van der Waals surface area contributed by atoms with Crippen molar-refractivity contribution in [2.75, 3.05) is 13.3 Å². The summed E-state index contributed by atoms with van der Waals surface area (Å²) in [5.41, 5.74) is 2.70. The van der Waals surface area contributed by atoms with E-state index in [1.807, 2.05) is 59.5 Å². The molecule has 0 saturated carbocycles. The molecule has 0 aliphatic carbocycles. The van der Waals surface area contributed by atoms with Gasteiger partial charge >= 0.3 is 0 Å². The fraction of sp³-hybridized carbons (Fsp3) is 0.217. The molecule has 7 heteroatoms. The molecule has 3 aromatic rings. The molecule has 0 atom stereocenters. The Balaban J connectivity index is 1.24. The van der Waals surface area contributed by atoms with Gasteiger partial charge in [0, 0.05) is 30.1 Å². The van der Waals surface area contributed by atoms with E-state index in [1.54, 1.807) is 0 Å². The molecule has 2 aliphatic heterocycles. The van der Waals surface area contributed by atoms with Gasteiger partial charge in [-0.25, -0.2) is 0 Å². The Morgan fingerprint density at radius 2 is 1.87 bits per heavy atom. The van der Waals surface area contributed by atoms with Gasteiger partial charge in [-0.3, -0.25) is 9.59 Å². The molecule has 1 N–H and O–H groups in total. The molecule has 1 aromatic heterocycles. The van der Waals surface area contributed by atoms with E-state index in [9.17, 15) is 9.59 Å². The Morgan fingerprint density at radius 1 is 1.03 bits per heavy atom. The number of nitrogens with zero attached hydrogens (tertiary/aromatic N) is 1. The smallest absolute Gasteiger partial charge is 0.261 e. The molecular formula is C23H20N2O4S. The topological polar surface area (TPSA) is 67.9 Å². The van der Waals surface area contributed by atoms with Crippen LogP contribution in [-0.2, 0) is 19.5 Å². The number of amides is 2. The van der Waals surface area contributed by atoms with Gasteiger partial charge in [0.25, 0.3) is 11.8 Å². The van der Waals surface area contributed by atoms with Crippen molar-refractivity contribution in [1.82, 2.24) is 10.2 Å². The van der Waals surface area contributed by atoms with Crippen LogP contribution in [0.1, 0.15) is 36.0 Å². The lowest BCUT2D eigenvalue weighted by molar-refractivity contribution is 0.0736. The number of nitrogens with one attached hydrogen (secondary N) is 1. The number of carbonyl (C=O) groups is 2. The zero-order chi connectivity index (χ0) is 20.5. The van der Waals surface area contributed by atoms with Crippen LogP contribution in [0.25, 0.3) is 0 Å². The number of fused-ring (bicyclic) bond motifs is 2. The molecule has 152 valence electrons. The van der Waals surface area contributed by atoms with Crippen LogP contribution in [0.3, 0.4) is 0 Å². The maximum atomic E-state index is 12.7. The molecule has 6 nitrogen and oxygen atoms in total. The molecule has 2 aliphatic rings. The summed E-state index contributed by atoms with van der Waals surface area (Å²) in [4.78, 5) is 29.1. The monoisotopic (exact) mass is 420 g/mol. The summed E-state index contributed by atoms with van der Waals surface area (Å²) < 4.78 is 10.7. The normalized spacial score (nSPS) is 14.3. The minimum absolute atomic E-state index is 0.0289. The Hall–Kier alpha value is -3.32. The third-order valence-electron chi connectivity index (χ3n) is 5.29. The summed E-state index contributed by atoms with van der Waals surface area (Å²) in [6.07, 6.45) is 0.772. The molecule has 0 unspecified atom stereocenters. The number of thiophene rings is 1. The number of rotatable bonds is 4. The van der Waals surface area contributed by atoms with Crippen molar-refractivity contribution in [2.24, 2.45) is 0 Å². The zero-order valence-corrected chi connectivity index (χ0v) is 17.0. The second kappa shape index (κ2) is 7.84. The van der Waals surface area contributed by atoms with Crippen molar-refractivity contribution in [3.05, 3.63) is 81.0 Å². The van der Waals surface area contributed by atoms with Crippen molar-refractivity contribution < 1.29 is 19.1 Å². The van der Waals surface area contributed by atoms with Crippen molar-refractivity contribution in [3.63, 3.8) is 0 Å². The van der Waals surface area contributed by atoms with Crippen molar-refractivity contribution in [1.29, 1.82) is 0 Å². The average Bonchev–Trinajstić information content (AvgIpc) is 3.43. The van der Waals surface area contributed by atoms with Gasteiger partial charge in [-0.1, -0.05) is 24.3 Å². The molecule has 0 radical (unpaired) electrons. The van der Waals surface area contributed by atoms with Gasteiger partial charge < -0.3 is 19.7 Å². The first kappa shape index (κ1) is 18.7. The fourth-order valence-electron chi connectivity index (χ4n) is 3.70.